The smallest absolute Gasteiger partial charge is 0.116 e. The Bertz CT molecular complexity index is 422. The number of nitrogens with one attached hydrogen (secondary N) is 1. The Kier molecular flexibility index (Phi) is 3.11. The van der Waals surface area contributed by atoms with Crippen molar-refractivity contribution in [2.24, 2.45) is 5.73 Å². The van der Waals surface area contributed by atoms with Crippen molar-refractivity contribution in [3.05, 3.63) is 30.0 Å². The second kappa shape index (κ2) is 4.13. The summed E-state index contributed by atoms with van der Waals surface area (Å²) in [5, 5.41) is 10.4. The van der Waals surface area contributed by atoms with Gasteiger partial charge in [0.25, 0.3) is 0 Å². The number of phenols is 1. The molecule has 0 bridgehead atoms. The molecule has 0 fully saturated rings. The molecule has 1 heterocycles. The normalized spacial score (nSPS) is 10.1. The number of hydrogen-bond acceptors (Lipinski definition) is 3. The van der Waals surface area contributed by atoms with Crippen LogP contribution in [0.5, 0.6) is 5.75 Å². The monoisotopic (exact) mass is 193 g/mol. The average molecular weight is 193 g/mol. The maximum Gasteiger partial charge on any atom is 0.116 e. The van der Waals surface area contributed by atoms with Crippen LogP contribution in [0.3, 0.4) is 0 Å². The van der Waals surface area contributed by atoms with Crippen molar-refractivity contribution < 1.29 is 5.11 Å². The highest BCUT2D eigenvalue weighted by Gasteiger charge is 2.02. The molecule has 4 heteroatoms. The second-order valence-electron chi connectivity index (χ2n) is 3.08. The molecule has 0 aliphatic rings. The van der Waals surface area contributed by atoms with Crippen LogP contribution in [0.4, 0.5) is 0 Å². The lowest BCUT2D eigenvalue weighted by molar-refractivity contribution is 0.476. The Morgan fingerprint density at radius 3 is 2.86 bits per heavy atom. The van der Waals surface area contributed by atoms with Gasteiger partial charge in [-0.3, -0.25) is 0 Å². The number of aromatic amines is 1. The summed E-state index contributed by atoms with van der Waals surface area (Å²) in [7, 11) is 0. The first kappa shape index (κ1) is 10.6. The fraction of sp³-hybridized carbons (Fsp3) is 0.200. The zero-order valence-electron chi connectivity index (χ0n) is 7.96. The summed E-state index contributed by atoms with van der Waals surface area (Å²) in [5.74, 6) is 0.297. The number of aromatic nitrogens is 1. The van der Waals surface area contributed by atoms with Gasteiger partial charge in [-0.25, -0.2) is 0 Å². The van der Waals surface area contributed by atoms with E-state index in [9.17, 15) is 5.11 Å². The van der Waals surface area contributed by atoms with Crippen LogP contribution in [0, 0.1) is 0 Å². The molecule has 0 spiro atoms. The van der Waals surface area contributed by atoms with Crippen molar-refractivity contribution in [3.8, 4) is 5.75 Å². The lowest BCUT2D eigenvalue weighted by Gasteiger charge is -1.96. The molecule has 1 aromatic heterocycles. The molecule has 0 saturated carbocycles. The Morgan fingerprint density at radius 2 is 2.14 bits per heavy atom. The molecule has 2 aromatic rings. The molecule has 4 nitrogen and oxygen atoms in total. The van der Waals surface area contributed by atoms with Crippen molar-refractivity contribution in [3.63, 3.8) is 0 Å². The van der Waals surface area contributed by atoms with Gasteiger partial charge in [-0.15, -0.1) is 0 Å². The van der Waals surface area contributed by atoms with Crippen molar-refractivity contribution >= 4 is 10.9 Å². The number of hydrogen-bond donors (Lipinski definition) is 4. The number of H-pyrrole nitrogens is 1. The molecule has 0 aliphatic carbocycles. The number of benzene rings is 1. The van der Waals surface area contributed by atoms with Crippen LogP contribution < -0.4 is 11.9 Å². The lowest BCUT2D eigenvalue weighted by Crippen LogP contribution is -2.01. The standard InChI is InChI=1S/C10H12N2O.H3N/c11-4-3-7-6-12-10-2-1-8(13)5-9(7)10;/h1-2,5-6,12-13H,3-4,11H2;1H3. The molecule has 0 radical (unpaired) electrons. The van der Waals surface area contributed by atoms with Gasteiger partial charge in [0.15, 0.2) is 0 Å². The van der Waals surface area contributed by atoms with Gasteiger partial charge in [0.05, 0.1) is 0 Å². The average Bonchev–Trinajstić information content (AvgIpc) is 2.49. The molecular formula is C10H15N3O. The van der Waals surface area contributed by atoms with Crippen molar-refractivity contribution in [1.82, 2.24) is 11.1 Å². The Morgan fingerprint density at radius 1 is 1.36 bits per heavy atom. The summed E-state index contributed by atoms with van der Waals surface area (Å²) >= 11 is 0. The Hall–Kier alpha value is -1.52. The molecule has 14 heavy (non-hydrogen) atoms. The Balaban J connectivity index is 0.000000980. The van der Waals surface area contributed by atoms with E-state index in [0.717, 1.165) is 22.9 Å². The van der Waals surface area contributed by atoms with Crippen molar-refractivity contribution in [2.45, 2.75) is 6.42 Å². The summed E-state index contributed by atoms with van der Waals surface area (Å²) in [4.78, 5) is 3.13. The molecule has 1 aromatic carbocycles. The number of rotatable bonds is 2. The topological polar surface area (TPSA) is 97.0 Å². The zero-order chi connectivity index (χ0) is 9.26. The van der Waals surface area contributed by atoms with E-state index < -0.39 is 0 Å². The van der Waals surface area contributed by atoms with Gasteiger partial charge in [0, 0.05) is 17.1 Å². The first-order valence-corrected chi connectivity index (χ1v) is 4.30. The molecule has 2 rings (SSSR count). The van der Waals surface area contributed by atoms with E-state index in [-0.39, 0.29) is 6.15 Å². The number of fused-ring (bicyclic) bond motifs is 1. The largest absolute Gasteiger partial charge is 0.508 e. The first-order valence-electron chi connectivity index (χ1n) is 4.30. The molecule has 7 N–H and O–H groups in total. The van der Waals surface area contributed by atoms with Crippen LogP contribution >= 0.6 is 0 Å². The molecule has 0 saturated heterocycles. The highest BCUT2D eigenvalue weighted by molar-refractivity contribution is 5.84. The summed E-state index contributed by atoms with van der Waals surface area (Å²) in [6.07, 6.45) is 2.78. The van der Waals surface area contributed by atoms with E-state index in [4.69, 9.17) is 5.73 Å². The lowest BCUT2D eigenvalue weighted by atomic mass is 10.1. The van der Waals surface area contributed by atoms with E-state index in [2.05, 4.69) is 4.98 Å². The van der Waals surface area contributed by atoms with Gasteiger partial charge in [-0.05, 0) is 36.7 Å². The third-order valence-corrected chi connectivity index (χ3v) is 2.16. The minimum Gasteiger partial charge on any atom is -0.508 e. The summed E-state index contributed by atoms with van der Waals surface area (Å²) in [6.45, 7) is 0.628. The predicted octanol–water partition coefficient (Wildman–Crippen LogP) is 1.54. The van der Waals surface area contributed by atoms with Gasteiger partial charge < -0.3 is 22.0 Å². The van der Waals surface area contributed by atoms with Crippen LogP contribution in [-0.4, -0.2) is 16.6 Å². The molecule has 76 valence electrons. The van der Waals surface area contributed by atoms with Crippen molar-refractivity contribution in [2.75, 3.05) is 6.54 Å². The van der Waals surface area contributed by atoms with Gasteiger partial charge in [0.2, 0.25) is 0 Å². The minimum absolute atomic E-state index is 0. The summed E-state index contributed by atoms with van der Waals surface area (Å²) in [6, 6.07) is 5.30. The van der Waals surface area contributed by atoms with Crippen LogP contribution in [0.1, 0.15) is 5.56 Å². The maximum absolute atomic E-state index is 9.30. The van der Waals surface area contributed by atoms with Crippen LogP contribution in [0.2, 0.25) is 0 Å². The Labute approximate surface area is 82.3 Å². The number of aromatic hydroxyl groups is 1. The van der Waals surface area contributed by atoms with E-state index in [1.165, 1.54) is 0 Å². The molecule has 0 unspecified atom stereocenters. The molecule has 0 aliphatic heterocycles. The quantitative estimate of drug-likeness (QED) is 0.582. The van der Waals surface area contributed by atoms with Crippen LogP contribution in [0.15, 0.2) is 24.4 Å². The van der Waals surface area contributed by atoms with E-state index in [0.29, 0.717) is 12.3 Å². The van der Waals surface area contributed by atoms with Crippen LogP contribution in [-0.2, 0) is 6.42 Å². The van der Waals surface area contributed by atoms with Crippen LogP contribution in [0.25, 0.3) is 10.9 Å². The van der Waals surface area contributed by atoms with Crippen molar-refractivity contribution in [1.29, 1.82) is 0 Å². The molecule has 0 atom stereocenters. The number of phenolic OH excluding ortho intramolecular Hbond substituents is 1. The maximum atomic E-state index is 9.30. The molecule has 0 amide bonds. The van der Waals surface area contributed by atoms with Gasteiger partial charge in [-0.2, -0.15) is 0 Å². The third-order valence-electron chi connectivity index (χ3n) is 2.16. The third kappa shape index (κ3) is 1.71. The van der Waals surface area contributed by atoms with E-state index in [1.54, 1.807) is 12.1 Å². The summed E-state index contributed by atoms with van der Waals surface area (Å²) < 4.78 is 0. The van der Waals surface area contributed by atoms with E-state index in [1.807, 2.05) is 12.3 Å². The highest BCUT2D eigenvalue weighted by Crippen LogP contribution is 2.22. The number of nitrogens with two attached hydrogens (primary N) is 1. The fourth-order valence-electron chi connectivity index (χ4n) is 1.53. The van der Waals surface area contributed by atoms with E-state index >= 15 is 0 Å². The zero-order valence-corrected chi connectivity index (χ0v) is 7.96. The van der Waals surface area contributed by atoms with Gasteiger partial charge in [0.1, 0.15) is 5.75 Å². The summed E-state index contributed by atoms with van der Waals surface area (Å²) in [5.41, 5.74) is 7.68. The minimum atomic E-state index is 0. The SMILES string of the molecule is N.NCCc1c[nH]c2ccc(O)cc12. The second-order valence-corrected chi connectivity index (χ2v) is 3.08. The molecular weight excluding hydrogens is 178 g/mol. The fourth-order valence-corrected chi connectivity index (χ4v) is 1.53. The van der Waals surface area contributed by atoms with Gasteiger partial charge >= 0.3 is 0 Å². The van der Waals surface area contributed by atoms with Gasteiger partial charge in [-0.1, -0.05) is 0 Å². The first-order chi connectivity index (χ1) is 6.31. The highest BCUT2D eigenvalue weighted by atomic mass is 16.3. The predicted molar refractivity (Wildman–Crippen MR) is 57.7 cm³/mol.